The van der Waals surface area contributed by atoms with Gasteiger partial charge < -0.3 is 9.47 Å². The molecule has 0 radical (unpaired) electrons. The number of benzene rings is 1. The van der Waals surface area contributed by atoms with Crippen LogP contribution in [-0.2, 0) is 9.47 Å². The Morgan fingerprint density at radius 3 is 2.35 bits per heavy atom. The molecule has 2 heteroatoms. The summed E-state index contributed by atoms with van der Waals surface area (Å²) in [6, 6.07) is 8.50. The Morgan fingerprint density at radius 1 is 1.00 bits per heavy atom. The van der Waals surface area contributed by atoms with Crippen LogP contribution in [0.15, 0.2) is 24.3 Å². The Balaban J connectivity index is 1.71. The molecule has 2 rings (SSSR count). The minimum Gasteiger partial charge on any atom is -0.350 e. The fraction of sp³-hybridized carbons (Fsp3) is 0.619. The maximum atomic E-state index is 5.58. The molecule has 1 aromatic rings. The highest BCUT2D eigenvalue weighted by Gasteiger charge is 2.24. The third-order valence-corrected chi connectivity index (χ3v) is 4.38. The van der Waals surface area contributed by atoms with Gasteiger partial charge in [0.05, 0.1) is 13.2 Å². The van der Waals surface area contributed by atoms with Gasteiger partial charge in [-0.3, -0.25) is 0 Å². The van der Waals surface area contributed by atoms with Crippen molar-refractivity contribution in [2.75, 3.05) is 13.2 Å². The zero-order chi connectivity index (χ0) is 16.3. The molecule has 0 saturated carbocycles. The van der Waals surface area contributed by atoms with E-state index >= 15 is 0 Å². The zero-order valence-electron chi connectivity index (χ0n) is 14.6. The highest BCUT2D eigenvalue weighted by molar-refractivity contribution is 5.37. The van der Waals surface area contributed by atoms with Crippen LogP contribution in [0.2, 0.25) is 0 Å². The normalized spacial score (nSPS) is 16.1. The number of hydrogen-bond donors (Lipinski definition) is 0. The smallest absolute Gasteiger partial charge is 0.164 e. The van der Waals surface area contributed by atoms with E-state index in [-0.39, 0.29) is 12.2 Å². The van der Waals surface area contributed by atoms with Gasteiger partial charge in [-0.1, -0.05) is 69.9 Å². The molecule has 1 saturated heterocycles. The van der Waals surface area contributed by atoms with Gasteiger partial charge >= 0.3 is 0 Å². The van der Waals surface area contributed by atoms with Crippen molar-refractivity contribution in [3.8, 4) is 11.8 Å². The summed E-state index contributed by atoms with van der Waals surface area (Å²) in [5.74, 6) is 6.83. The number of hydrogen-bond acceptors (Lipinski definition) is 2. The summed E-state index contributed by atoms with van der Waals surface area (Å²) in [6.07, 6.45) is 8.86. The molecule has 2 nitrogen and oxygen atoms in total. The van der Waals surface area contributed by atoms with E-state index in [1.54, 1.807) is 0 Å². The fourth-order valence-electron chi connectivity index (χ4n) is 2.85. The van der Waals surface area contributed by atoms with Crippen molar-refractivity contribution < 1.29 is 9.47 Å². The fourth-order valence-corrected chi connectivity index (χ4v) is 2.85. The molecule has 0 N–H and O–H groups in total. The van der Waals surface area contributed by atoms with Gasteiger partial charge in [0.25, 0.3) is 0 Å². The number of rotatable bonds is 8. The van der Waals surface area contributed by atoms with E-state index in [4.69, 9.17) is 9.47 Å². The quantitative estimate of drug-likeness (QED) is 0.481. The Labute approximate surface area is 141 Å². The molecule has 0 amide bonds. The monoisotopic (exact) mass is 314 g/mol. The van der Waals surface area contributed by atoms with Crippen LogP contribution in [0.1, 0.15) is 75.8 Å². The summed E-state index contributed by atoms with van der Waals surface area (Å²) in [4.78, 5) is 0. The van der Waals surface area contributed by atoms with Gasteiger partial charge in [-0.2, -0.15) is 0 Å². The van der Waals surface area contributed by atoms with Crippen molar-refractivity contribution >= 4 is 0 Å². The predicted molar refractivity (Wildman–Crippen MR) is 95.4 cm³/mol. The van der Waals surface area contributed by atoms with Gasteiger partial charge in [0.1, 0.15) is 0 Å². The lowest BCUT2D eigenvalue weighted by atomic mass is 9.99. The minimum absolute atomic E-state index is 0.0976. The van der Waals surface area contributed by atoms with E-state index < -0.39 is 0 Å². The van der Waals surface area contributed by atoms with Crippen molar-refractivity contribution in [1.29, 1.82) is 0 Å². The van der Waals surface area contributed by atoms with Crippen molar-refractivity contribution in [3.63, 3.8) is 0 Å². The first-order valence-corrected chi connectivity index (χ1v) is 9.13. The molecule has 1 aromatic carbocycles. The predicted octanol–water partition coefficient (Wildman–Crippen LogP) is 5.27. The summed E-state index contributed by atoms with van der Waals surface area (Å²) in [5.41, 5.74) is 2.35. The van der Waals surface area contributed by atoms with Crippen LogP contribution >= 0.6 is 0 Å². The lowest BCUT2D eigenvalue weighted by molar-refractivity contribution is -0.0570. The van der Waals surface area contributed by atoms with Crippen LogP contribution in [0.4, 0.5) is 0 Å². The van der Waals surface area contributed by atoms with Crippen LogP contribution < -0.4 is 0 Å². The van der Waals surface area contributed by atoms with E-state index in [0.717, 1.165) is 12.0 Å². The molecule has 1 fully saturated rings. The summed E-state index contributed by atoms with van der Waals surface area (Å²) in [5, 5.41) is 0. The first-order chi connectivity index (χ1) is 11.3. The largest absolute Gasteiger partial charge is 0.350 e. The summed E-state index contributed by atoms with van der Waals surface area (Å²) < 4.78 is 11.2. The van der Waals surface area contributed by atoms with Gasteiger partial charge in [0.2, 0.25) is 0 Å². The highest BCUT2D eigenvalue weighted by atomic mass is 16.7. The standard InChI is InChI=1S/C21H30O2/c1-3-4-5-6-7-8-9-10-11-19-12-14-20(15-13-19)18(2)21-22-16-17-23-21/h12-15,18,21H,3-9,16-17H2,1-2H3. The molecule has 1 atom stereocenters. The second kappa shape index (κ2) is 10.5. The molecule has 0 bridgehead atoms. The molecule has 23 heavy (non-hydrogen) atoms. The molecule has 0 aromatic heterocycles. The molecule has 1 aliphatic heterocycles. The Hall–Kier alpha value is -1.30. The van der Waals surface area contributed by atoms with Gasteiger partial charge in [-0.05, 0) is 24.1 Å². The Bertz CT molecular complexity index is 489. The molecule has 0 aliphatic carbocycles. The van der Waals surface area contributed by atoms with Crippen molar-refractivity contribution in [3.05, 3.63) is 35.4 Å². The molecule has 126 valence electrons. The second-order valence-electron chi connectivity index (χ2n) is 6.34. The van der Waals surface area contributed by atoms with Gasteiger partial charge in [0, 0.05) is 17.9 Å². The lowest BCUT2D eigenvalue weighted by Gasteiger charge is -2.18. The first kappa shape index (κ1) is 18.0. The first-order valence-electron chi connectivity index (χ1n) is 9.13. The van der Waals surface area contributed by atoms with Crippen LogP contribution in [0.3, 0.4) is 0 Å². The average molecular weight is 314 g/mol. The van der Waals surface area contributed by atoms with E-state index in [9.17, 15) is 0 Å². The maximum Gasteiger partial charge on any atom is 0.164 e. The molecule has 0 spiro atoms. The molecule has 1 aliphatic rings. The number of unbranched alkanes of at least 4 members (excludes halogenated alkanes) is 6. The lowest BCUT2D eigenvalue weighted by Crippen LogP contribution is -2.16. The molecule has 1 unspecified atom stereocenters. The third-order valence-electron chi connectivity index (χ3n) is 4.38. The maximum absolute atomic E-state index is 5.58. The highest BCUT2D eigenvalue weighted by Crippen LogP contribution is 2.25. The van der Waals surface area contributed by atoms with E-state index in [2.05, 4.69) is 50.0 Å². The van der Waals surface area contributed by atoms with Crippen molar-refractivity contribution in [2.45, 2.75) is 71.0 Å². The molecule has 1 heterocycles. The number of ether oxygens (including phenoxy) is 2. The topological polar surface area (TPSA) is 18.5 Å². The van der Waals surface area contributed by atoms with E-state index in [1.807, 2.05) is 0 Å². The summed E-state index contributed by atoms with van der Waals surface area (Å²) in [6.45, 7) is 5.81. The van der Waals surface area contributed by atoms with Gasteiger partial charge in [0.15, 0.2) is 6.29 Å². The van der Waals surface area contributed by atoms with Crippen molar-refractivity contribution in [1.82, 2.24) is 0 Å². The Kier molecular flexibility index (Phi) is 8.21. The van der Waals surface area contributed by atoms with Crippen LogP contribution in [-0.4, -0.2) is 19.5 Å². The second-order valence-corrected chi connectivity index (χ2v) is 6.34. The third kappa shape index (κ3) is 6.37. The average Bonchev–Trinajstić information content (AvgIpc) is 3.12. The van der Waals surface area contributed by atoms with E-state index in [1.165, 1.54) is 44.1 Å². The minimum atomic E-state index is -0.0976. The zero-order valence-corrected chi connectivity index (χ0v) is 14.6. The van der Waals surface area contributed by atoms with Gasteiger partial charge in [-0.25, -0.2) is 0 Å². The molecular weight excluding hydrogens is 284 g/mol. The Morgan fingerprint density at radius 2 is 1.65 bits per heavy atom. The summed E-state index contributed by atoms with van der Waals surface area (Å²) >= 11 is 0. The van der Waals surface area contributed by atoms with Gasteiger partial charge in [-0.15, -0.1) is 0 Å². The van der Waals surface area contributed by atoms with Crippen LogP contribution in [0.25, 0.3) is 0 Å². The van der Waals surface area contributed by atoms with Crippen molar-refractivity contribution in [2.24, 2.45) is 0 Å². The SMILES string of the molecule is CCCCCCCCC#Cc1ccc(C(C)C2OCCO2)cc1. The summed E-state index contributed by atoms with van der Waals surface area (Å²) in [7, 11) is 0. The van der Waals surface area contributed by atoms with Crippen LogP contribution in [0.5, 0.6) is 0 Å². The van der Waals surface area contributed by atoms with E-state index in [0.29, 0.717) is 13.2 Å². The molecular formula is C21H30O2. The van der Waals surface area contributed by atoms with Crippen LogP contribution in [0, 0.1) is 11.8 Å².